The Hall–Kier alpha value is -6.50. The SMILES string of the molecule is C.C1CCNC1.C1CCOC1.C1CCOC1.CO.CSC(=N)c1cccs1.Cl.I.NC(=Nc1ccc2c(c1)N(CCN1CCCC1)CCS2)c1cccs1.NC(=Nc1ccc2c(c1)N(CCN1CCCC1)CCS2)c1cccs1.O=C(CCl)N1CCSc2ccc([N+](=O)[O-])cc21.O=C(CN1CCCC1)N1CCSc2ccc([N+](=O)[O-])cc21.O=[N+]([O-])c1ccc2c(c1)N(CCN1CCCC1)CCS2.[B]. The molecule has 12 aliphatic heterocycles. The van der Waals surface area contributed by atoms with Crippen LogP contribution in [0.5, 0.6) is 0 Å². The topological polar surface area (TPSA) is 344 Å². The highest BCUT2D eigenvalue weighted by atomic mass is 127. The van der Waals surface area contributed by atoms with E-state index in [0.29, 0.717) is 47.7 Å². The van der Waals surface area contributed by atoms with E-state index in [-0.39, 0.29) is 91.9 Å². The van der Waals surface area contributed by atoms with Gasteiger partial charge in [0.05, 0.1) is 75.8 Å². The van der Waals surface area contributed by atoms with Crippen LogP contribution in [0.25, 0.3) is 0 Å². The summed E-state index contributed by atoms with van der Waals surface area (Å²) in [5.74, 6) is 5.87. The predicted molar refractivity (Wildman–Crippen MR) is 600 cm³/mol. The number of nitrogens with one attached hydrogen (secondary N) is 2. The molecule has 8 aromatic rings. The second-order valence-electron chi connectivity index (χ2n) is 32.6. The second kappa shape index (κ2) is 65.7. The first-order chi connectivity index (χ1) is 65.4. The van der Waals surface area contributed by atoms with Crippen LogP contribution in [0.1, 0.15) is 112 Å². The monoisotopic (exact) mass is 2210 g/mol. The molecule has 7 N–H and O–H groups in total. The van der Waals surface area contributed by atoms with Crippen LogP contribution < -0.4 is 41.3 Å². The average molecular weight is 2210 g/mol. The Kier molecular flexibility index (Phi) is 56.4. The maximum absolute atomic E-state index is 12.5. The molecule has 753 valence electrons. The highest BCUT2D eigenvalue weighted by Crippen LogP contribution is 2.43. The lowest BCUT2D eigenvalue weighted by Gasteiger charge is -2.32. The molecule has 0 spiro atoms. The summed E-state index contributed by atoms with van der Waals surface area (Å²) >= 11 is 20.8. The number of benzene rings is 5. The quantitative estimate of drug-likeness (QED) is 0.00900. The number of carbonyl (C=O) groups is 2. The molecule has 20 rings (SSSR count). The number of carbonyl (C=O) groups excluding carboxylic acids is 2. The molecule has 138 heavy (non-hydrogen) atoms. The number of halogens is 3. The van der Waals surface area contributed by atoms with E-state index in [0.717, 1.165) is 189 Å². The number of aliphatic hydroxyl groups is 1. The maximum Gasteiger partial charge on any atom is 0.271 e. The van der Waals surface area contributed by atoms with E-state index >= 15 is 0 Å². The molecule has 3 radical (unpaired) electrons. The molecule has 12 aliphatic rings. The molecule has 0 atom stereocenters. The lowest BCUT2D eigenvalue weighted by molar-refractivity contribution is -0.385. The van der Waals surface area contributed by atoms with Crippen molar-refractivity contribution in [3.8, 4) is 0 Å². The van der Waals surface area contributed by atoms with Gasteiger partial charge in [0.25, 0.3) is 17.1 Å². The Bertz CT molecular complexity index is 4850. The van der Waals surface area contributed by atoms with Crippen LogP contribution in [0, 0.1) is 35.8 Å². The van der Waals surface area contributed by atoms with E-state index in [1.165, 1.54) is 196 Å². The highest BCUT2D eigenvalue weighted by Gasteiger charge is 2.31. The zero-order valence-electron chi connectivity index (χ0n) is 78.3. The smallest absolute Gasteiger partial charge is 0.271 e. The molecule has 7 saturated heterocycles. The first-order valence-electron chi connectivity index (χ1n) is 46.3. The molecule has 2 amide bonds. The molecule has 42 heteroatoms. The van der Waals surface area contributed by atoms with Gasteiger partial charge in [-0.3, -0.25) is 50.2 Å². The minimum Gasteiger partial charge on any atom is -0.400 e. The average Bonchev–Trinajstić information content (AvgIpc) is 1.03. The molecule has 0 unspecified atom stereocenters. The summed E-state index contributed by atoms with van der Waals surface area (Å²) in [6.45, 7) is 27.2. The van der Waals surface area contributed by atoms with Gasteiger partial charge in [0.1, 0.15) is 22.6 Å². The largest absolute Gasteiger partial charge is 0.400 e. The Morgan fingerprint density at radius 1 is 0.442 bits per heavy atom. The van der Waals surface area contributed by atoms with Crippen molar-refractivity contribution in [1.29, 1.82) is 5.41 Å². The molecule has 3 aromatic heterocycles. The van der Waals surface area contributed by atoms with Crippen LogP contribution in [0.4, 0.5) is 56.9 Å². The van der Waals surface area contributed by atoms with E-state index in [9.17, 15) is 39.9 Å². The number of fused-ring (bicyclic) bond motifs is 5. The number of hydrogen-bond donors (Lipinski definition) is 5. The lowest BCUT2D eigenvalue weighted by atomic mass is 10.2. The fourth-order valence-electron chi connectivity index (χ4n) is 16.4. The standard InChI is InChI=1S/2C19H24N4S2.C14H17N3O3S.C14H19N3O2S.C10H9ClN2O3S.C6H7NS2.C4H9N.2C4H8O.CH4O.CH4.B.ClH.HI/c2*20-19(18-4-3-12-24-18)21-15-5-6-17-16(14-15)23(11-13-25-17)10-9-22-7-1-2-8-22;18-14(10-15-5-1-2-6-15)16-7-8-21-13-4-3-11(17(19)20)9-12(13)16;18-17(19)12-3-4-14-13(11-12)16(9-10-20-14)8-7-15-5-1-2-6-15;11-6-10(14)12-3-4-17-9-2-1-7(13(15)16)5-8(9)12;1-8-6(7)5-3-2-4-9-5;3*1-2-4-5-3-1;1-2;;;;/h2*3-6,12,14H,1-2,7-11,13H2,(H2,20,21);3-4,9H,1-2,5-8,10H2;3-4,11H,1-2,5-10H2;1-2,5H,3-4,6H2;2-4,7H,1H3;5H,1-4H2;2*1-4H2;2H,1H3;1H4;;2*1H. The van der Waals surface area contributed by atoms with Crippen molar-refractivity contribution in [2.24, 2.45) is 21.5 Å². The van der Waals surface area contributed by atoms with E-state index in [2.05, 4.69) is 86.0 Å². The molecular formula is C96H135BCl2IN18O11S9. The highest BCUT2D eigenvalue weighted by molar-refractivity contribution is 14.0. The van der Waals surface area contributed by atoms with Crippen LogP contribution >= 0.6 is 153 Å². The minimum atomic E-state index is -0.469. The number of anilines is 5. The van der Waals surface area contributed by atoms with Gasteiger partial charge in [0.15, 0.2) is 0 Å². The summed E-state index contributed by atoms with van der Waals surface area (Å²) in [4.78, 5) is 94.0. The van der Waals surface area contributed by atoms with Gasteiger partial charge in [-0.1, -0.05) is 25.6 Å². The van der Waals surface area contributed by atoms with E-state index in [4.69, 9.17) is 43.1 Å². The number of thiophene rings is 3. The van der Waals surface area contributed by atoms with Crippen molar-refractivity contribution in [1.82, 2.24) is 24.9 Å². The zero-order valence-corrected chi connectivity index (χ0v) is 89.5. The van der Waals surface area contributed by atoms with Crippen LogP contribution in [0.3, 0.4) is 0 Å². The van der Waals surface area contributed by atoms with Gasteiger partial charge < -0.3 is 70.6 Å². The molecular weight excluding hydrogens is 2080 g/mol. The number of amides is 2. The van der Waals surface area contributed by atoms with E-state index in [1.54, 1.807) is 98.5 Å². The first-order valence-corrected chi connectivity index (χ1v) is 55.6. The number of aliphatic hydroxyl groups excluding tert-OH is 1. The summed E-state index contributed by atoms with van der Waals surface area (Å²) in [5.41, 5.74) is 19.4. The normalized spacial score (nSPS) is 17.3. The summed E-state index contributed by atoms with van der Waals surface area (Å²) < 4.78 is 9.89. The van der Waals surface area contributed by atoms with Crippen molar-refractivity contribution in [3.63, 3.8) is 0 Å². The molecule has 0 saturated carbocycles. The summed E-state index contributed by atoms with van der Waals surface area (Å²) in [6, 6.07) is 39.4. The second-order valence-corrected chi connectivity index (χ2v) is 42.3. The van der Waals surface area contributed by atoms with Crippen molar-refractivity contribution in [3.05, 3.63) is 189 Å². The molecule has 7 fully saturated rings. The zero-order chi connectivity index (χ0) is 94.6. The molecule has 0 aliphatic carbocycles. The van der Waals surface area contributed by atoms with Gasteiger partial charge >= 0.3 is 0 Å². The number of nitrogens with two attached hydrogens (primary N) is 2. The van der Waals surface area contributed by atoms with Crippen LogP contribution in [-0.2, 0) is 19.1 Å². The number of ether oxygens (including phenoxy) is 2. The van der Waals surface area contributed by atoms with Crippen molar-refractivity contribution in [2.45, 2.75) is 122 Å². The summed E-state index contributed by atoms with van der Waals surface area (Å²) in [6.07, 6.45) is 20.1. The number of non-ortho nitro benzene ring substituents is 3. The fourth-order valence-corrected chi connectivity index (χ4v) is 24.1. The van der Waals surface area contributed by atoms with Gasteiger partial charge in [0.2, 0.25) is 11.8 Å². The molecule has 5 aromatic carbocycles. The molecule has 29 nitrogen and oxygen atoms in total. The summed E-state index contributed by atoms with van der Waals surface area (Å²) in [7, 11) is 1.00. The van der Waals surface area contributed by atoms with Crippen LogP contribution in [0.15, 0.2) is 178 Å². The third-order valence-corrected chi connectivity index (χ3v) is 32.4. The number of alkyl halides is 1. The summed E-state index contributed by atoms with van der Waals surface area (Å²) in [5, 5.41) is 56.9. The third kappa shape index (κ3) is 38.6. The number of amidine groups is 2. The molecule has 15 heterocycles. The van der Waals surface area contributed by atoms with Gasteiger partial charge in [-0.2, -0.15) is 0 Å². The van der Waals surface area contributed by atoms with Crippen LogP contribution in [-0.4, -0.2) is 295 Å². The number of likely N-dealkylation sites (tertiary alicyclic amines) is 4. The lowest BCUT2D eigenvalue weighted by Crippen LogP contribution is -2.42. The third-order valence-electron chi connectivity index (χ3n) is 23.5. The Morgan fingerprint density at radius 3 is 1.06 bits per heavy atom. The van der Waals surface area contributed by atoms with Gasteiger partial charge in [-0.15, -0.1) is 153 Å². The number of hydrogen-bond acceptors (Lipinski definition) is 31. The van der Waals surface area contributed by atoms with Gasteiger partial charge in [0, 0.05) is 204 Å². The van der Waals surface area contributed by atoms with E-state index in [1.807, 2.05) is 88.4 Å². The number of nitrogens with zero attached hydrogens (tertiary/aromatic N) is 14. The van der Waals surface area contributed by atoms with Crippen molar-refractivity contribution in [2.75, 3.05) is 243 Å². The molecule has 0 bridgehead atoms. The van der Waals surface area contributed by atoms with Crippen molar-refractivity contribution >= 4 is 246 Å². The number of nitro benzene ring substituents is 3. The van der Waals surface area contributed by atoms with Crippen LogP contribution in [0.2, 0.25) is 0 Å². The Balaban J connectivity index is 0.000000219. The number of thioether (sulfide) groups is 6. The fraction of sp³-hybridized carbons (Fsp3) is 0.510. The maximum atomic E-state index is 12.5. The Morgan fingerprint density at radius 2 is 0.754 bits per heavy atom. The predicted octanol–water partition coefficient (Wildman–Crippen LogP) is 19.9. The first kappa shape index (κ1) is 118. The number of rotatable bonds is 20. The number of nitro groups is 3. The Labute approximate surface area is 882 Å². The van der Waals surface area contributed by atoms with Crippen molar-refractivity contribution < 1.29 is 38.9 Å². The minimum absolute atomic E-state index is 0. The van der Waals surface area contributed by atoms with E-state index < -0.39 is 9.85 Å². The van der Waals surface area contributed by atoms with Gasteiger partial charge in [-0.05, 0) is 251 Å². The van der Waals surface area contributed by atoms with Gasteiger partial charge in [-0.25, -0.2) is 9.98 Å². The number of aliphatic imine (C=N–C) groups is 2.